The minimum Gasteiger partial charge on any atom is -0.366 e. The van der Waals surface area contributed by atoms with E-state index in [1.54, 1.807) is 17.5 Å². The Morgan fingerprint density at radius 1 is 1.29 bits per heavy atom. The normalized spacial score (nSPS) is 18.5. The maximum atomic E-state index is 12.8. The highest BCUT2D eigenvalue weighted by molar-refractivity contribution is 7.14. The van der Waals surface area contributed by atoms with Crippen LogP contribution in [0.5, 0.6) is 0 Å². The molecule has 28 heavy (non-hydrogen) atoms. The van der Waals surface area contributed by atoms with Gasteiger partial charge in [0.25, 0.3) is 11.8 Å². The summed E-state index contributed by atoms with van der Waals surface area (Å²) in [5.41, 5.74) is 4.93. The van der Waals surface area contributed by atoms with Gasteiger partial charge in [-0.2, -0.15) is 5.26 Å². The third-order valence-electron chi connectivity index (χ3n) is 4.35. The van der Waals surface area contributed by atoms with Crippen molar-refractivity contribution < 1.29 is 19.2 Å². The first kappa shape index (κ1) is 19.1. The quantitative estimate of drug-likeness (QED) is 0.647. The number of anilines is 1. The largest absolute Gasteiger partial charge is 0.366 e. The number of carbonyl (C=O) groups is 4. The van der Waals surface area contributed by atoms with Crippen LogP contribution in [0.4, 0.5) is 9.80 Å². The molecular formula is C18H15N5O4S. The topological polar surface area (TPSA) is 145 Å². The molecule has 1 fully saturated rings. The molecule has 0 unspecified atom stereocenters. The third kappa shape index (κ3) is 3.30. The molecule has 1 aromatic heterocycles. The zero-order valence-corrected chi connectivity index (χ0v) is 15.5. The zero-order chi connectivity index (χ0) is 20.5. The van der Waals surface area contributed by atoms with Gasteiger partial charge in [0.15, 0.2) is 0 Å². The molecule has 9 nitrogen and oxygen atoms in total. The van der Waals surface area contributed by atoms with Crippen molar-refractivity contribution in [3.63, 3.8) is 0 Å². The molecule has 3 rings (SSSR count). The van der Waals surface area contributed by atoms with Crippen molar-refractivity contribution in [2.45, 2.75) is 12.5 Å². The Bertz CT molecular complexity index is 1020. The van der Waals surface area contributed by atoms with Gasteiger partial charge in [0, 0.05) is 0 Å². The van der Waals surface area contributed by atoms with Crippen LogP contribution in [-0.4, -0.2) is 35.2 Å². The van der Waals surface area contributed by atoms with E-state index < -0.39 is 35.8 Å². The van der Waals surface area contributed by atoms with Crippen molar-refractivity contribution in [2.75, 3.05) is 11.9 Å². The monoisotopic (exact) mass is 397 g/mol. The first-order chi connectivity index (χ1) is 13.3. The highest BCUT2D eigenvalue weighted by Crippen LogP contribution is 2.29. The molecular weight excluding hydrogens is 382 g/mol. The Kier molecular flexibility index (Phi) is 4.85. The first-order valence-corrected chi connectivity index (χ1v) is 8.96. The lowest BCUT2D eigenvalue weighted by Gasteiger charge is -2.22. The molecule has 2 aromatic rings. The Hall–Kier alpha value is -3.71. The van der Waals surface area contributed by atoms with Crippen LogP contribution in [0, 0.1) is 11.3 Å². The van der Waals surface area contributed by atoms with Crippen LogP contribution >= 0.6 is 11.3 Å². The van der Waals surface area contributed by atoms with E-state index in [-0.39, 0.29) is 10.6 Å². The number of benzene rings is 1. The number of carbonyl (C=O) groups excluding carboxylic acids is 4. The van der Waals surface area contributed by atoms with Crippen LogP contribution in [0.15, 0.2) is 35.7 Å². The summed E-state index contributed by atoms with van der Waals surface area (Å²) in [6, 6.07) is 8.96. The molecule has 0 spiro atoms. The number of urea groups is 1. The van der Waals surface area contributed by atoms with E-state index >= 15 is 0 Å². The summed E-state index contributed by atoms with van der Waals surface area (Å²) in [6.45, 7) is 1.00. The fourth-order valence-corrected chi connectivity index (χ4v) is 3.63. The van der Waals surface area contributed by atoms with Gasteiger partial charge >= 0.3 is 6.03 Å². The van der Waals surface area contributed by atoms with Crippen LogP contribution in [0.3, 0.4) is 0 Å². The number of hydrogen-bond acceptors (Lipinski definition) is 6. The molecule has 1 aliphatic heterocycles. The number of nitrogens with one attached hydrogen (secondary N) is 2. The molecule has 5 amide bonds. The number of thiophene rings is 1. The standard InChI is InChI=1S/C18H15N5O4S/c1-18(11-4-2-10(8-19)3-5-11)16(26)23(17(27)22-18)9-13(24)21-15-12(14(20)25)6-7-28-15/h2-7H,9H2,1H3,(H2,20,25)(H,21,24)(H,22,27)/t18-/m0/s1. The van der Waals surface area contributed by atoms with Crippen molar-refractivity contribution in [1.29, 1.82) is 5.26 Å². The van der Waals surface area contributed by atoms with E-state index in [2.05, 4.69) is 10.6 Å². The van der Waals surface area contributed by atoms with E-state index in [9.17, 15) is 19.2 Å². The summed E-state index contributed by atoms with van der Waals surface area (Å²) in [6.07, 6.45) is 0. The number of hydrogen-bond donors (Lipinski definition) is 3. The smallest absolute Gasteiger partial charge is 0.325 e. The minimum atomic E-state index is -1.35. The average molecular weight is 397 g/mol. The minimum absolute atomic E-state index is 0.151. The summed E-state index contributed by atoms with van der Waals surface area (Å²) in [5.74, 6) is -1.93. The Labute approximate surface area is 163 Å². The van der Waals surface area contributed by atoms with Crippen molar-refractivity contribution in [1.82, 2.24) is 10.2 Å². The number of amides is 5. The van der Waals surface area contributed by atoms with Gasteiger partial charge in [-0.05, 0) is 36.1 Å². The fraction of sp³-hybridized carbons (Fsp3) is 0.167. The molecule has 1 atom stereocenters. The molecule has 1 aromatic carbocycles. The Balaban J connectivity index is 1.76. The number of primary amides is 1. The lowest BCUT2D eigenvalue weighted by Crippen LogP contribution is -2.42. The maximum Gasteiger partial charge on any atom is 0.325 e. The predicted molar refractivity (Wildman–Crippen MR) is 100 cm³/mol. The van der Waals surface area contributed by atoms with Crippen LogP contribution in [0.1, 0.15) is 28.4 Å². The number of imide groups is 1. The highest BCUT2D eigenvalue weighted by Gasteiger charge is 2.49. The molecule has 0 bridgehead atoms. The van der Waals surface area contributed by atoms with Crippen LogP contribution in [0.2, 0.25) is 0 Å². The third-order valence-corrected chi connectivity index (χ3v) is 5.18. The van der Waals surface area contributed by atoms with E-state index in [1.165, 1.54) is 25.1 Å². The van der Waals surface area contributed by atoms with Crippen LogP contribution in [0.25, 0.3) is 0 Å². The molecule has 0 aliphatic carbocycles. The molecule has 0 saturated carbocycles. The molecule has 1 aliphatic rings. The van der Waals surface area contributed by atoms with Crippen molar-refractivity contribution in [3.05, 3.63) is 52.4 Å². The Morgan fingerprint density at radius 3 is 2.57 bits per heavy atom. The van der Waals surface area contributed by atoms with Gasteiger partial charge in [0.05, 0.1) is 17.2 Å². The molecule has 2 heterocycles. The second kappa shape index (κ2) is 7.13. The molecule has 1 saturated heterocycles. The Morgan fingerprint density at radius 2 is 1.96 bits per heavy atom. The maximum absolute atomic E-state index is 12.8. The number of nitrogens with zero attached hydrogens (tertiary/aromatic N) is 2. The van der Waals surface area contributed by atoms with Crippen molar-refractivity contribution in [3.8, 4) is 6.07 Å². The van der Waals surface area contributed by atoms with Gasteiger partial charge in [-0.25, -0.2) is 4.79 Å². The van der Waals surface area contributed by atoms with Gasteiger partial charge in [0.1, 0.15) is 17.1 Å². The van der Waals surface area contributed by atoms with Gasteiger partial charge in [-0.1, -0.05) is 12.1 Å². The van der Waals surface area contributed by atoms with E-state index in [0.29, 0.717) is 11.1 Å². The van der Waals surface area contributed by atoms with Crippen LogP contribution < -0.4 is 16.4 Å². The van der Waals surface area contributed by atoms with Crippen molar-refractivity contribution in [2.24, 2.45) is 5.73 Å². The predicted octanol–water partition coefficient (Wildman–Crippen LogP) is 1.12. The second-order valence-electron chi connectivity index (χ2n) is 6.21. The molecule has 10 heteroatoms. The van der Waals surface area contributed by atoms with Gasteiger partial charge in [-0.3, -0.25) is 19.3 Å². The second-order valence-corrected chi connectivity index (χ2v) is 7.13. The lowest BCUT2D eigenvalue weighted by atomic mass is 9.91. The fourth-order valence-electron chi connectivity index (χ4n) is 2.82. The summed E-state index contributed by atoms with van der Waals surface area (Å²) in [5, 5.41) is 15.8. The molecule has 142 valence electrons. The average Bonchev–Trinajstić information content (AvgIpc) is 3.21. The van der Waals surface area contributed by atoms with E-state index in [0.717, 1.165) is 16.2 Å². The number of nitrogens with two attached hydrogens (primary N) is 1. The van der Waals surface area contributed by atoms with Crippen molar-refractivity contribution >= 4 is 40.1 Å². The zero-order valence-electron chi connectivity index (χ0n) is 14.7. The summed E-state index contributed by atoms with van der Waals surface area (Å²) >= 11 is 1.10. The van der Waals surface area contributed by atoms with Gasteiger partial charge < -0.3 is 16.4 Å². The molecule has 4 N–H and O–H groups in total. The number of rotatable bonds is 5. The summed E-state index contributed by atoms with van der Waals surface area (Å²) < 4.78 is 0. The summed E-state index contributed by atoms with van der Waals surface area (Å²) in [7, 11) is 0. The van der Waals surface area contributed by atoms with E-state index in [1.807, 2.05) is 6.07 Å². The lowest BCUT2D eigenvalue weighted by molar-refractivity contribution is -0.133. The number of nitriles is 1. The SMILES string of the molecule is C[C@@]1(c2ccc(C#N)cc2)NC(=O)N(CC(=O)Nc2sccc2C(N)=O)C1=O. The van der Waals surface area contributed by atoms with Crippen LogP contribution in [-0.2, 0) is 15.1 Å². The van der Waals surface area contributed by atoms with E-state index in [4.69, 9.17) is 11.0 Å². The highest BCUT2D eigenvalue weighted by atomic mass is 32.1. The van der Waals surface area contributed by atoms with Gasteiger partial charge in [0.2, 0.25) is 5.91 Å². The molecule has 0 radical (unpaired) electrons. The summed E-state index contributed by atoms with van der Waals surface area (Å²) in [4.78, 5) is 49.6. The van der Waals surface area contributed by atoms with Gasteiger partial charge in [-0.15, -0.1) is 11.3 Å². The first-order valence-electron chi connectivity index (χ1n) is 8.08.